The number of aliphatic imine (C=N–C) groups is 1. The van der Waals surface area contributed by atoms with Crippen LogP contribution in [0, 0.1) is 5.92 Å². The monoisotopic (exact) mass is 243 g/mol. The summed E-state index contributed by atoms with van der Waals surface area (Å²) < 4.78 is 10.3. The molecule has 1 saturated carbocycles. The van der Waals surface area contributed by atoms with Crippen LogP contribution in [0.15, 0.2) is 4.99 Å². The van der Waals surface area contributed by atoms with E-state index in [9.17, 15) is 15.0 Å². The van der Waals surface area contributed by atoms with Crippen molar-refractivity contribution in [2.24, 2.45) is 10.9 Å². The Morgan fingerprint density at radius 3 is 2.88 bits per heavy atom. The Labute approximate surface area is 99.2 Å². The van der Waals surface area contributed by atoms with Crippen LogP contribution in [-0.2, 0) is 14.3 Å². The molecular formula is C11H17NO5. The molecule has 2 N–H and O–H groups in total. The zero-order valence-corrected chi connectivity index (χ0v) is 9.87. The van der Waals surface area contributed by atoms with Crippen molar-refractivity contribution in [2.45, 2.75) is 44.6 Å². The van der Waals surface area contributed by atoms with Crippen molar-refractivity contribution in [1.29, 1.82) is 0 Å². The quantitative estimate of drug-likeness (QED) is 0.637. The lowest BCUT2D eigenvalue weighted by molar-refractivity contribution is -0.148. The Morgan fingerprint density at radius 1 is 1.53 bits per heavy atom. The summed E-state index contributed by atoms with van der Waals surface area (Å²) in [5.74, 6) is -0.177. The van der Waals surface area contributed by atoms with E-state index in [-0.39, 0.29) is 18.6 Å². The summed E-state index contributed by atoms with van der Waals surface area (Å²) in [5, 5.41) is 19.8. The highest BCUT2D eigenvalue weighted by Crippen LogP contribution is 2.33. The smallest absolute Gasteiger partial charge is 0.302 e. The fourth-order valence-corrected chi connectivity index (χ4v) is 2.41. The van der Waals surface area contributed by atoms with Gasteiger partial charge in [0.15, 0.2) is 5.90 Å². The zero-order valence-electron chi connectivity index (χ0n) is 9.87. The molecule has 6 nitrogen and oxygen atoms in total. The van der Waals surface area contributed by atoms with E-state index in [0.29, 0.717) is 12.3 Å². The standard InChI is InChI=1S/C11H17NO5/c1-5-12-9-8(17-5)3-7(4-16-6(2)13)10(14)11(9)15/h7-11,14-15H,3-4H2,1-2H3/t7?,8-,9+,10-,11?/m0/s1. The lowest BCUT2D eigenvalue weighted by atomic mass is 9.80. The number of aliphatic hydroxyl groups excluding tert-OH is 2. The van der Waals surface area contributed by atoms with Gasteiger partial charge < -0.3 is 19.7 Å². The molecule has 1 aliphatic carbocycles. The van der Waals surface area contributed by atoms with Crippen molar-refractivity contribution in [3.8, 4) is 0 Å². The van der Waals surface area contributed by atoms with Crippen molar-refractivity contribution in [3.05, 3.63) is 0 Å². The van der Waals surface area contributed by atoms with Crippen LogP contribution >= 0.6 is 0 Å². The number of carbonyl (C=O) groups excluding carboxylic acids is 1. The van der Waals surface area contributed by atoms with E-state index in [2.05, 4.69) is 4.99 Å². The van der Waals surface area contributed by atoms with Gasteiger partial charge >= 0.3 is 5.97 Å². The molecule has 96 valence electrons. The first kappa shape index (κ1) is 12.3. The predicted molar refractivity (Wildman–Crippen MR) is 58.5 cm³/mol. The molecule has 6 heteroatoms. The first-order valence-electron chi connectivity index (χ1n) is 5.69. The van der Waals surface area contributed by atoms with Gasteiger partial charge in [-0.05, 0) is 6.42 Å². The third kappa shape index (κ3) is 2.42. The number of nitrogens with zero attached hydrogens (tertiary/aromatic N) is 1. The maximum Gasteiger partial charge on any atom is 0.302 e. The van der Waals surface area contributed by atoms with E-state index in [4.69, 9.17) is 9.47 Å². The van der Waals surface area contributed by atoms with Crippen molar-refractivity contribution in [2.75, 3.05) is 6.61 Å². The molecule has 1 aliphatic heterocycles. The average Bonchev–Trinajstić information content (AvgIpc) is 2.62. The highest BCUT2D eigenvalue weighted by atomic mass is 16.5. The van der Waals surface area contributed by atoms with Crippen LogP contribution in [0.4, 0.5) is 0 Å². The Hall–Kier alpha value is -1.14. The molecular weight excluding hydrogens is 226 g/mol. The summed E-state index contributed by atoms with van der Waals surface area (Å²) in [6.07, 6.45) is -1.61. The van der Waals surface area contributed by atoms with Gasteiger partial charge in [0.05, 0.1) is 12.7 Å². The molecule has 0 aromatic carbocycles. The molecule has 2 aliphatic rings. The number of carbonyl (C=O) groups is 1. The van der Waals surface area contributed by atoms with Crippen LogP contribution in [0.3, 0.4) is 0 Å². The van der Waals surface area contributed by atoms with Gasteiger partial charge in [-0.1, -0.05) is 0 Å². The Kier molecular flexibility index (Phi) is 3.35. The largest absolute Gasteiger partial charge is 0.476 e. The second-order valence-corrected chi connectivity index (χ2v) is 4.57. The van der Waals surface area contributed by atoms with Gasteiger partial charge in [-0.25, -0.2) is 4.99 Å². The number of rotatable bonds is 2. The minimum atomic E-state index is -0.966. The molecule has 0 aromatic heterocycles. The van der Waals surface area contributed by atoms with E-state index in [0.717, 1.165) is 0 Å². The average molecular weight is 243 g/mol. The fraction of sp³-hybridized carbons (Fsp3) is 0.818. The number of fused-ring (bicyclic) bond motifs is 1. The van der Waals surface area contributed by atoms with Crippen LogP contribution in [0.2, 0.25) is 0 Å². The Bertz CT molecular complexity index is 343. The Balaban J connectivity index is 2.01. The van der Waals surface area contributed by atoms with Crippen LogP contribution in [0.25, 0.3) is 0 Å². The molecule has 1 fully saturated rings. The SMILES string of the molecule is CC(=O)OCC1C[C@@H]2OC(C)=N[C@H]2C(O)[C@H]1O. The van der Waals surface area contributed by atoms with Gasteiger partial charge in [0.2, 0.25) is 0 Å². The van der Waals surface area contributed by atoms with Crippen molar-refractivity contribution in [1.82, 2.24) is 0 Å². The third-order valence-electron chi connectivity index (χ3n) is 3.25. The molecule has 0 bridgehead atoms. The molecule has 0 spiro atoms. The molecule has 5 atom stereocenters. The van der Waals surface area contributed by atoms with Gasteiger partial charge in [0.25, 0.3) is 0 Å². The summed E-state index contributed by atoms with van der Waals surface area (Å²) in [6.45, 7) is 3.13. The van der Waals surface area contributed by atoms with E-state index >= 15 is 0 Å². The first-order valence-corrected chi connectivity index (χ1v) is 5.69. The lowest BCUT2D eigenvalue weighted by Gasteiger charge is -2.37. The summed E-state index contributed by atoms with van der Waals surface area (Å²) >= 11 is 0. The highest BCUT2D eigenvalue weighted by Gasteiger charge is 2.47. The van der Waals surface area contributed by atoms with Crippen LogP contribution in [0.1, 0.15) is 20.3 Å². The van der Waals surface area contributed by atoms with Crippen LogP contribution < -0.4 is 0 Å². The molecule has 17 heavy (non-hydrogen) atoms. The van der Waals surface area contributed by atoms with E-state index < -0.39 is 24.2 Å². The van der Waals surface area contributed by atoms with E-state index in [1.54, 1.807) is 6.92 Å². The molecule has 0 amide bonds. The normalized spacial score (nSPS) is 40.2. The number of aliphatic hydroxyl groups is 2. The first-order chi connectivity index (χ1) is 7.99. The zero-order chi connectivity index (χ0) is 12.6. The third-order valence-corrected chi connectivity index (χ3v) is 3.25. The predicted octanol–water partition coefficient (Wildman–Crippen LogP) is -0.523. The van der Waals surface area contributed by atoms with Crippen molar-refractivity contribution < 1.29 is 24.5 Å². The van der Waals surface area contributed by atoms with Crippen LogP contribution in [-0.4, -0.2) is 53.0 Å². The van der Waals surface area contributed by atoms with Crippen LogP contribution in [0.5, 0.6) is 0 Å². The fourth-order valence-electron chi connectivity index (χ4n) is 2.41. The lowest BCUT2D eigenvalue weighted by Crippen LogP contribution is -2.52. The summed E-state index contributed by atoms with van der Waals surface area (Å²) in [5.41, 5.74) is 0. The van der Waals surface area contributed by atoms with Gasteiger partial charge in [-0.15, -0.1) is 0 Å². The van der Waals surface area contributed by atoms with Crippen molar-refractivity contribution in [3.63, 3.8) is 0 Å². The summed E-state index contributed by atoms with van der Waals surface area (Å²) in [7, 11) is 0. The molecule has 0 saturated heterocycles. The van der Waals surface area contributed by atoms with E-state index in [1.165, 1.54) is 6.92 Å². The topological polar surface area (TPSA) is 88.4 Å². The minimum Gasteiger partial charge on any atom is -0.476 e. The van der Waals surface area contributed by atoms with Gasteiger partial charge in [0, 0.05) is 19.8 Å². The summed E-state index contributed by atoms with van der Waals surface area (Å²) in [6, 6.07) is -0.404. The molecule has 1 heterocycles. The van der Waals surface area contributed by atoms with E-state index in [1.807, 2.05) is 0 Å². The molecule has 2 unspecified atom stereocenters. The van der Waals surface area contributed by atoms with Gasteiger partial charge in [0.1, 0.15) is 18.2 Å². The van der Waals surface area contributed by atoms with Gasteiger partial charge in [-0.2, -0.15) is 0 Å². The molecule has 2 rings (SSSR count). The maximum absolute atomic E-state index is 10.7. The number of hydrogen-bond donors (Lipinski definition) is 2. The summed E-state index contributed by atoms with van der Waals surface area (Å²) in [4.78, 5) is 14.9. The Morgan fingerprint density at radius 2 is 2.24 bits per heavy atom. The number of esters is 1. The second-order valence-electron chi connectivity index (χ2n) is 4.57. The number of ether oxygens (including phenoxy) is 2. The highest BCUT2D eigenvalue weighted by molar-refractivity contribution is 5.75. The number of hydrogen-bond acceptors (Lipinski definition) is 6. The van der Waals surface area contributed by atoms with Gasteiger partial charge in [-0.3, -0.25) is 4.79 Å². The molecule has 0 radical (unpaired) electrons. The minimum absolute atomic E-state index is 0.0964. The maximum atomic E-state index is 10.7. The molecule has 0 aromatic rings. The second kappa shape index (κ2) is 4.62. The van der Waals surface area contributed by atoms with Crippen molar-refractivity contribution >= 4 is 11.9 Å².